The molecule has 0 spiro atoms. The number of hydrogen-bond acceptors (Lipinski definition) is 5. The van der Waals surface area contributed by atoms with Crippen LogP contribution in [-0.2, 0) is 4.74 Å². The highest BCUT2D eigenvalue weighted by Gasteiger charge is 2.33. The van der Waals surface area contributed by atoms with Gasteiger partial charge in [-0.3, -0.25) is 4.68 Å². The van der Waals surface area contributed by atoms with Crippen molar-refractivity contribution < 1.29 is 9.13 Å². The van der Waals surface area contributed by atoms with Crippen LogP contribution in [0.2, 0.25) is 5.02 Å². The van der Waals surface area contributed by atoms with Crippen LogP contribution >= 0.6 is 11.6 Å². The SMILES string of the molecule is Cc1ccc2c(-c3ccc(Cl)cc3F)nc([C@H]3C[C@H](C)O[C@@H](c4cnn(C5CC5)c4)C3)nc2n1. The number of ether oxygens (including phenoxy) is 1. The van der Waals surface area contributed by atoms with Crippen molar-refractivity contribution in [3.8, 4) is 11.3 Å². The first-order valence-corrected chi connectivity index (χ1v) is 12.1. The lowest BCUT2D eigenvalue weighted by Crippen LogP contribution is -2.26. The maximum absolute atomic E-state index is 14.9. The molecule has 8 heteroatoms. The molecule has 0 N–H and O–H groups in total. The molecule has 0 bridgehead atoms. The lowest BCUT2D eigenvalue weighted by atomic mass is 9.89. The van der Waals surface area contributed by atoms with Gasteiger partial charge in [-0.15, -0.1) is 0 Å². The number of aromatic nitrogens is 5. The van der Waals surface area contributed by atoms with Gasteiger partial charge in [-0.2, -0.15) is 5.10 Å². The van der Waals surface area contributed by atoms with Gasteiger partial charge in [-0.25, -0.2) is 19.3 Å². The maximum atomic E-state index is 14.9. The third kappa shape index (κ3) is 4.07. The Balaban J connectivity index is 1.41. The molecule has 0 radical (unpaired) electrons. The Morgan fingerprint density at radius 3 is 2.74 bits per heavy atom. The minimum Gasteiger partial charge on any atom is -0.370 e. The largest absolute Gasteiger partial charge is 0.370 e. The van der Waals surface area contributed by atoms with E-state index in [4.69, 9.17) is 26.3 Å². The van der Waals surface area contributed by atoms with Gasteiger partial charge < -0.3 is 4.74 Å². The molecule has 0 amide bonds. The predicted octanol–water partition coefficient (Wildman–Crippen LogP) is 6.35. The van der Waals surface area contributed by atoms with E-state index in [0.29, 0.717) is 33.8 Å². The highest BCUT2D eigenvalue weighted by molar-refractivity contribution is 6.30. The fourth-order valence-corrected chi connectivity index (χ4v) is 4.98. The average Bonchev–Trinajstić information content (AvgIpc) is 3.54. The molecule has 2 fully saturated rings. The van der Waals surface area contributed by atoms with E-state index in [0.717, 1.165) is 29.5 Å². The molecule has 0 unspecified atom stereocenters. The molecule has 6 nitrogen and oxygen atoms in total. The smallest absolute Gasteiger partial charge is 0.163 e. The second kappa shape index (κ2) is 8.40. The standard InChI is InChI=1S/C26H25ClFN5O/c1-14-3-7-21-24(20-8-4-18(27)11-22(20)28)31-25(32-26(21)30-14)16-9-15(2)34-23(10-16)17-12-29-33(13-17)19-5-6-19/h3-4,7-8,11-13,15-16,19,23H,5-6,9-10H2,1-2H3/t15-,16-,23+/m0/s1. The van der Waals surface area contributed by atoms with Crippen LogP contribution in [0.1, 0.15) is 67.8 Å². The van der Waals surface area contributed by atoms with Crippen LogP contribution < -0.4 is 0 Å². The van der Waals surface area contributed by atoms with Crippen LogP contribution in [0.5, 0.6) is 0 Å². The highest BCUT2D eigenvalue weighted by Crippen LogP contribution is 2.41. The average molecular weight is 478 g/mol. The van der Waals surface area contributed by atoms with Gasteiger partial charge in [0.05, 0.1) is 30.1 Å². The van der Waals surface area contributed by atoms with Gasteiger partial charge in [0.15, 0.2) is 5.65 Å². The number of aryl methyl sites for hydroxylation is 1. The monoisotopic (exact) mass is 477 g/mol. The molecular formula is C26H25ClFN5O. The number of fused-ring (bicyclic) bond motifs is 1. The summed E-state index contributed by atoms with van der Waals surface area (Å²) in [5, 5.41) is 5.61. The fourth-order valence-electron chi connectivity index (χ4n) is 4.82. The van der Waals surface area contributed by atoms with Crippen molar-refractivity contribution in [2.24, 2.45) is 0 Å². The van der Waals surface area contributed by atoms with Crippen molar-refractivity contribution in [2.75, 3.05) is 0 Å². The van der Waals surface area contributed by atoms with Gasteiger partial charge >= 0.3 is 0 Å². The van der Waals surface area contributed by atoms with Crippen molar-refractivity contribution in [3.63, 3.8) is 0 Å². The Morgan fingerprint density at radius 1 is 1.09 bits per heavy atom. The van der Waals surface area contributed by atoms with Crippen molar-refractivity contribution in [1.29, 1.82) is 0 Å². The second-order valence-electron chi connectivity index (χ2n) is 9.47. The molecule has 3 atom stereocenters. The van der Waals surface area contributed by atoms with Crippen LogP contribution in [0.3, 0.4) is 0 Å². The summed E-state index contributed by atoms with van der Waals surface area (Å²) in [6.07, 6.45) is 7.88. The molecule has 4 aromatic rings. The molecule has 1 aliphatic carbocycles. The van der Waals surface area contributed by atoms with Gasteiger partial charge in [0.2, 0.25) is 0 Å². The molecule has 4 heterocycles. The summed E-state index contributed by atoms with van der Waals surface area (Å²) in [7, 11) is 0. The molecule has 6 rings (SSSR count). The van der Waals surface area contributed by atoms with Crippen LogP contribution in [0.25, 0.3) is 22.3 Å². The van der Waals surface area contributed by atoms with Gasteiger partial charge in [0.25, 0.3) is 0 Å². The van der Waals surface area contributed by atoms with Gasteiger partial charge in [-0.05, 0) is 69.9 Å². The van der Waals surface area contributed by atoms with E-state index in [9.17, 15) is 4.39 Å². The summed E-state index contributed by atoms with van der Waals surface area (Å²) in [5.74, 6) is 0.313. The summed E-state index contributed by atoms with van der Waals surface area (Å²) in [5.41, 5.74) is 3.45. The first kappa shape index (κ1) is 21.6. The van der Waals surface area contributed by atoms with E-state index in [1.807, 2.05) is 29.9 Å². The number of pyridine rings is 1. The van der Waals surface area contributed by atoms with Crippen LogP contribution in [-0.4, -0.2) is 30.8 Å². The number of rotatable bonds is 4. The topological polar surface area (TPSA) is 65.7 Å². The van der Waals surface area contributed by atoms with E-state index < -0.39 is 5.82 Å². The van der Waals surface area contributed by atoms with Crippen LogP contribution in [0.15, 0.2) is 42.7 Å². The normalized spacial score (nSPS) is 22.9. The molecule has 1 aliphatic heterocycles. The molecule has 174 valence electrons. The molecule has 2 aliphatic rings. The number of hydrogen-bond donors (Lipinski definition) is 0. The number of benzene rings is 1. The Kier molecular flexibility index (Phi) is 5.34. The zero-order valence-corrected chi connectivity index (χ0v) is 19.8. The molecular weight excluding hydrogens is 453 g/mol. The summed E-state index contributed by atoms with van der Waals surface area (Å²) >= 11 is 6.01. The van der Waals surface area contributed by atoms with Gasteiger partial charge in [0, 0.05) is 39.3 Å². The first-order chi connectivity index (χ1) is 16.4. The molecule has 1 saturated heterocycles. The lowest BCUT2D eigenvalue weighted by molar-refractivity contribution is -0.0511. The number of halogens is 2. The second-order valence-corrected chi connectivity index (χ2v) is 9.90. The number of nitrogens with zero attached hydrogens (tertiary/aromatic N) is 5. The Hall–Kier alpha value is -2.90. The fraction of sp³-hybridized carbons (Fsp3) is 0.385. The third-order valence-electron chi connectivity index (χ3n) is 6.69. The zero-order chi connectivity index (χ0) is 23.4. The lowest BCUT2D eigenvalue weighted by Gasteiger charge is -2.33. The molecule has 1 aromatic carbocycles. The highest BCUT2D eigenvalue weighted by atomic mass is 35.5. The Bertz CT molecular complexity index is 1390. The van der Waals surface area contributed by atoms with Crippen molar-refractivity contribution >= 4 is 22.6 Å². The van der Waals surface area contributed by atoms with E-state index in [1.165, 1.54) is 18.9 Å². The molecule has 1 saturated carbocycles. The van der Waals surface area contributed by atoms with E-state index in [-0.39, 0.29) is 18.1 Å². The van der Waals surface area contributed by atoms with Gasteiger partial charge in [0.1, 0.15) is 11.6 Å². The Labute approximate surface area is 202 Å². The van der Waals surface area contributed by atoms with E-state index in [2.05, 4.69) is 23.2 Å². The predicted molar refractivity (Wildman–Crippen MR) is 128 cm³/mol. The first-order valence-electron chi connectivity index (χ1n) is 11.7. The maximum Gasteiger partial charge on any atom is 0.163 e. The van der Waals surface area contributed by atoms with Crippen molar-refractivity contribution in [3.05, 3.63) is 70.6 Å². The molecule has 34 heavy (non-hydrogen) atoms. The summed E-state index contributed by atoms with van der Waals surface area (Å²) < 4.78 is 23.3. The minimum absolute atomic E-state index is 0.0357. The van der Waals surface area contributed by atoms with Crippen molar-refractivity contribution in [2.45, 2.75) is 63.7 Å². The van der Waals surface area contributed by atoms with Crippen LogP contribution in [0, 0.1) is 12.7 Å². The van der Waals surface area contributed by atoms with E-state index >= 15 is 0 Å². The van der Waals surface area contributed by atoms with Gasteiger partial charge in [-0.1, -0.05) is 11.6 Å². The minimum atomic E-state index is -0.412. The molecule has 3 aromatic heterocycles. The zero-order valence-electron chi connectivity index (χ0n) is 19.1. The third-order valence-corrected chi connectivity index (χ3v) is 6.93. The van der Waals surface area contributed by atoms with Crippen molar-refractivity contribution in [1.82, 2.24) is 24.7 Å². The summed E-state index contributed by atoms with van der Waals surface area (Å²) in [6, 6.07) is 9.00. The summed E-state index contributed by atoms with van der Waals surface area (Å²) in [4.78, 5) is 14.4. The van der Waals surface area contributed by atoms with E-state index in [1.54, 1.807) is 12.1 Å². The van der Waals surface area contributed by atoms with Crippen LogP contribution in [0.4, 0.5) is 4.39 Å². The quantitative estimate of drug-likeness (QED) is 0.342. The summed E-state index contributed by atoms with van der Waals surface area (Å²) in [6.45, 7) is 4.00. The Morgan fingerprint density at radius 2 is 1.94 bits per heavy atom.